The second kappa shape index (κ2) is 5.73. The van der Waals surface area contributed by atoms with E-state index in [2.05, 4.69) is 0 Å². The van der Waals surface area contributed by atoms with Gasteiger partial charge in [0.25, 0.3) is 11.8 Å². The third-order valence-electron chi connectivity index (χ3n) is 4.77. The van der Waals surface area contributed by atoms with Crippen molar-refractivity contribution >= 4 is 23.4 Å². The van der Waals surface area contributed by atoms with Crippen LogP contribution in [0.25, 0.3) is 0 Å². The molecule has 2 heterocycles. The van der Waals surface area contributed by atoms with Crippen LogP contribution in [0.15, 0.2) is 42.5 Å². The molecule has 126 valence electrons. The Morgan fingerprint density at radius 1 is 1.00 bits per heavy atom. The first-order valence-corrected chi connectivity index (χ1v) is 8.15. The lowest BCUT2D eigenvalue weighted by molar-refractivity contribution is -0.132. The Kier molecular flexibility index (Phi) is 3.53. The molecule has 6 heteroatoms. The SMILES string of the molecule is Nc1ccc2c(c1)CCN(C(=O)CN1C(=O)c3ccccc3C1=O)C2. The van der Waals surface area contributed by atoms with E-state index in [0.717, 1.165) is 16.0 Å². The molecule has 3 amide bonds. The number of benzene rings is 2. The fourth-order valence-electron chi connectivity index (χ4n) is 3.40. The Morgan fingerprint density at radius 2 is 1.68 bits per heavy atom. The van der Waals surface area contributed by atoms with Crippen LogP contribution in [-0.2, 0) is 17.8 Å². The predicted molar refractivity (Wildman–Crippen MR) is 91.8 cm³/mol. The maximum Gasteiger partial charge on any atom is 0.262 e. The van der Waals surface area contributed by atoms with Crippen molar-refractivity contribution in [2.24, 2.45) is 0 Å². The molecule has 0 bridgehead atoms. The van der Waals surface area contributed by atoms with E-state index in [9.17, 15) is 14.4 Å². The van der Waals surface area contributed by atoms with Crippen LogP contribution in [0, 0.1) is 0 Å². The van der Waals surface area contributed by atoms with Crippen molar-refractivity contribution in [3.63, 3.8) is 0 Å². The summed E-state index contributed by atoms with van der Waals surface area (Å²) in [4.78, 5) is 40.1. The van der Waals surface area contributed by atoms with Crippen molar-refractivity contribution in [2.45, 2.75) is 13.0 Å². The molecule has 0 aromatic heterocycles. The molecular formula is C19H17N3O3. The summed E-state index contributed by atoms with van der Waals surface area (Å²) < 4.78 is 0. The molecule has 2 aromatic rings. The summed E-state index contributed by atoms with van der Waals surface area (Å²) in [5.74, 6) is -1.03. The van der Waals surface area contributed by atoms with Gasteiger partial charge in [-0.1, -0.05) is 18.2 Å². The Hall–Kier alpha value is -3.15. The van der Waals surface area contributed by atoms with Crippen LogP contribution in [0.1, 0.15) is 31.8 Å². The number of carbonyl (C=O) groups is 3. The molecule has 0 aliphatic carbocycles. The molecule has 4 rings (SSSR count). The second-order valence-corrected chi connectivity index (χ2v) is 6.34. The van der Waals surface area contributed by atoms with Crippen molar-refractivity contribution in [3.05, 3.63) is 64.7 Å². The molecule has 2 aromatic carbocycles. The minimum Gasteiger partial charge on any atom is -0.399 e. The van der Waals surface area contributed by atoms with E-state index in [1.807, 2.05) is 18.2 Å². The number of amides is 3. The van der Waals surface area contributed by atoms with E-state index in [-0.39, 0.29) is 12.5 Å². The normalized spacial score (nSPS) is 16.0. The Balaban J connectivity index is 1.49. The van der Waals surface area contributed by atoms with Crippen LogP contribution < -0.4 is 5.73 Å². The summed E-state index contributed by atoms with van der Waals surface area (Å²) in [6.45, 7) is 0.798. The van der Waals surface area contributed by atoms with Gasteiger partial charge in [0.15, 0.2) is 0 Å². The predicted octanol–water partition coefficient (Wildman–Crippen LogP) is 1.45. The number of imide groups is 1. The summed E-state index contributed by atoms with van der Waals surface area (Å²) in [6.07, 6.45) is 0.716. The van der Waals surface area contributed by atoms with Crippen LogP contribution in [0.5, 0.6) is 0 Å². The highest BCUT2D eigenvalue weighted by Crippen LogP contribution is 2.24. The highest BCUT2D eigenvalue weighted by molar-refractivity contribution is 6.22. The van der Waals surface area contributed by atoms with E-state index in [4.69, 9.17) is 5.73 Å². The zero-order valence-electron chi connectivity index (χ0n) is 13.6. The maximum absolute atomic E-state index is 12.6. The van der Waals surface area contributed by atoms with Crippen LogP contribution >= 0.6 is 0 Å². The van der Waals surface area contributed by atoms with Gasteiger partial charge in [0.05, 0.1) is 11.1 Å². The van der Waals surface area contributed by atoms with Crippen molar-refractivity contribution in [2.75, 3.05) is 18.8 Å². The Labute approximate surface area is 144 Å². The third kappa shape index (κ3) is 2.55. The second-order valence-electron chi connectivity index (χ2n) is 6.34. The average Bonchev–Trinajstić information content (AvgIpc) is 2.86. The summed E-state index contributed by atoms with van der Waals surface area (Å²) in [5, 5.41) is 0. The monoisotopic (exact) mass is 335 g/mol. The van der Waals surface area contributed by atoms with Gasteiger partial charge in [-0.15, -0.1) is 0 Å². The quantitative estimate of drug-likeness (QED) is 0.665. The molecule has 2 aliphatic heterocycles. The van der Waals surface area contributed by atoms with Gasteiger partial charge in [-0.3, -0.25) is 19.3 Å². The van der Waals surface area contributed by atoms with Crippen molar-refractivity contribution < 1.29 is 14.4 Å². The van der Waals surface area contributed by atoms with Crippen LogP contribution in [-0.4, -0.2) is 40.6 Å². The van der Waals surface area contributed by atoms with E-state index in [1.165, 1.54) is 0 Å². The van der Waals surface area contributed by atoms with Crippen molar-refractivity contribution in [3.8, 4) is 0 Å². The number of nitrogen functional groups attached to an aromatic ring is 1. The molecule has 0 saturated heterocycles. The van der Waals surface area contributed by atoms with Gasteiger partial charge in [0, 0.05) is 18.8 Å². The standard InChI is InChI=1S/C19H17N3O3/c20-14-6-5-13-10-21(8-7-12(13)9-14)17(23)11-22-18(24)15-3-1-2-4-16(15)19(22)25/h1-6,9H,7-8,10-11,20H2. The molecule has 0 radical (unpaired) electrons. The summed E-state index contributed by atoms with van der Waals surface area (Å²) in [5.41, 5.74) is 9.42. The zero-order valence-corrected chi connectivity index (χ0v) is 13.6. The summed E-state index contributed by atoms with van der Waals surface area (Å²) >= 11 is 0. The maximum atomic E-state index is 12.6. The summed E-state index contributed by atoms with van der Waals surface area (Å²) in [6, 6.07) is 12.3. The fraction of sp³-hybridized carbons (Fsp3) is 0.211. The number of nitrogens with zero attached hydrogens (tertiary/aromatic N) is 2. The number of fused-ring (bicyclic) bond motifs is 2. The summed E-state index contributed by atoms with van der Waals surface area (Å²) in [7, 11) is 0. The molecule has 0 fully saturated rings. The molecule has 0 spiro atoms. The largest absolute Gasteiger partial charge is 0.399 e. The van der Waals surface area contributed by atoms with Crippen LogP contribution in [0.3, 0.4) is 0 Å². The number of nitrogens with two attached hydrogens (primary N) is 1. The number of hydrogen-bond acceptors (Lipinski definition) is 4. The Morgan fingerprint density at radius 3 is 2.36 bits per heavy atom. The first-order valence-electron chi connectivity index (χ1n) is 8.15. The highest BCUT2D eigenvalue weighted by Gasteiger charge is 2.37. The van der Waals surface area contributed by atoms with Gasteiger partial charge in [-0.25, -0.2) is 0 Å². The third-order valence-corrected chi connectivity index (χ3v) is 4.77. The van der Waals surface area contributed by atoms with E-state index in [1.54, 1.807) is 29.2 Å². The number of anilines is 1. The first kappa shape index (κ1) is 15.4. The number of rotatable bonds is 2. The van der Waals surface area contributed by atoms with Gasteiger partial charge in [0.1, 0.15) is 6.54 Å². The van der Waals surface area contributed by atoms with E-state index >= 15 is 0 Å². The molecule has 0 unspecified atom stereocenters. The minimum absolute atomic E-state index is 0.225. The Bertz CT molecular complexity index is 872. The molecule has 6 nitrogen and oxygen atoms in total. The lowest BCUT2D eigenvalue weighted by Crippen LogP contribution is -2.44. The molecular weight excluding hydrogens is 318 g/mol. The highest BCUT2D eigenvalue weighted by atomic mass is 16.2. The minimum atomic E-state index is -0.404. The molecule has 2 aliphatic rings. The molecule has 2 N–H and O–H groups in total. The zero-order chi connectivity index (χ0) is 17.6. The average molecular weight is 335 g/mol. The fourth-order valence-corrected chi connectivity index (χ4v) is 3.40. The molecule has 0 saturated carbocycles. The van der Waals surface area contributed by atoms with E-state index in [0.29, 0.717) is 36.3 Å². The number of carbonyl (C=O) groups excluding carboxylic acids is 3. The van der Waals surface area contributed by atoms with Crippen LogP contribution in [0.2, 0.25) is 0 Å². The van der Waals surface area contributed by atoms with Crippen molar-refractivity contribution in [1.29, 1.82) is 0 Å². The van der Waals surface area contributed by atoms with Gasteiger partial charge in [-0.2, -0.15) is 0 Å². The van der Waals surface area contributed by atoms with Gasteiger partial charge >= 0.3 is 0 Å². The topological polar surface area (TPSA) is 83.7 Å². The molecule has 0 atom stereocenters. The van der Waals surface area contributed by atoms with Gasteiger partial charge in [0.2, 0.25) is 5.91 Å². The number of hydrogen-bond donors (Lipinski definition) is 1. The van der Waals surface area contributed by atoms with Crippen LogP contribution in [0.4, 0.5) is 5.69 Å². The van der Waals surface area contributed by atoms with Crippen molar-refractivity contribution in [1.82, 2.24) is 9.80 Å². The van der Waals surface area contributed by atoms with Gasteiger partial charge in [-0.05, 0) is 41.8 Å². The van der Waals surface area contributed by atoms with Gasteiger partial charge < -0.3 is 10.6 Å². The van der Waals surface area contributed by atoms with E-state index < -0.39 is 11.8 Å². The first-order chi connectivity index (χ1) is 12.0. The molecule has 25 heavy (non-hydrogen) atoms. The smallest absolute Gasteiger partial charge is 0.262 e. The lowest BCUT2D eigenvalue weighted by atomic mass is 9.99. The lowest BCUT2D eigenvalue weighted by Gasteiger charge is -2.30.